The molecule has 0 bridgehead atoms. The third-order valence-corrected chi connectivity index (χ3v) is 7.03. The maximum Gasteiger partial charge on any atom is 0.217 e. The van der Waals surface area contributed by atoms with Crippen molar-refractivity contribution in [3.8, 4) is 0 Å². The average Bonchev–Trinajstić information content (AvgIpc) is 3.09. The molecule has 1 fully saturated rings. The number of rotatable bonds is 6. The van der Waals surface area contributed by atoms with Crippen molar-refractivity contribution in [2.75, 3.05) is 13.2 Å². The molecule has 0 radical (unpaired) electrons. The van der Waals surface area contributed by atoms with E-state index in [1.54, 1.807) is 11.3 Å². The number of nitrogens with one attached hydrogen (secondary N) is 1. The van der Waals surface area contributed by atoms with Crippen LogP contribution in [-0.4, -0.2) is 37.9 Å². The first-order valence-electron chi connectivity index (χ1n) is 7.51. The number of benzene rings is 1. The summed E-state index contributed by atoms with van der Waals surface area (Å²) in [5, 5.41) is 0.632. The van der Waals surface area contributed by atoms with Crippen LogP contribution in [0.4, 0.5) is 0 Å². The number of aryl methyl sites for hydroxylation is 1. The van der Waals surface area contributed by atoms with E-state index in [9.17, 15) is 8.42 Å². The minimum absolute atomic E-state index is 0.221. The first-order valence-corrected chi connectivity index (χ1v) is 9.87. The maximum absolute atomic E-state index is 12.2. The number of sulfonamides is 1. The van der Waals surface area contributed by atoms with Crippen molar-refractivity contribution in [3.05, 3.63) is 29.3 Å². The molecule has 1 aromatic heterocycles. The molecule has 2 atom stereocenters. The zero-order valence-corrected chi connectivity index (χ0v) is 14.1. The van der Waals surface area contributed by atoms with Crippen LogP contribution < -0.4 is 4.72 Å². The van der Waals surface area contributed by atoms with Gasteiger partial charge in [-0.2, -0.15) is 0 Å². The molecular formula is C15H20N2O3S2. The van der Waals surface area contributed by atoms with E-state index in [4.69, 9.17) is 4.74 Å². The van der Waals surface area contributed by atoms with E-state index in [1.807, 2.05) is 25.1 Å². The highest BCUT2D eigenvalue weighted by molar-refractivity contribution is 7.90. The quantitative estimate of drug-likeness (QED) is 0.820. The van der Waals surface area contributed by atoms with Crippen LogP contribution in [0.3, 0.4) is 0 Å². The van der Waals surface area contributed by atoms with Gasteiger partial charge in [0.25, 0.3) is 0 Å². The predicted octanol–water partition coefficient (Wildman–Crippen LogP) is 2.33. The number of nitrogens with zero attached hydrogens (tertiary/aromatic N) is 1. The highest BCUT2D eigenvalue weighted by Gasteiger charge is 2.35. The van der Waals surface area contributed by atoms with Crippen LogP contribution >= 0.6 is 11.3 Å². The van der Waals surface area contributed by atoms with Gasteiger partial charge in [0.1, 0.15) is 5.25 Å². The van der Waals surface area contributed by atoms with Crippen molar-refractivity contribution >= 4 is 31.6 Å². The van der Waals surface area contributed by atoms with E-state index in [0.29, 0.717) is 19.6 Å². The van der Waals surface area contributed by atoms with Crippen LogP contribution in [0.2, 0.25) is 0 Å². The summed E-state index contributed by atoms with van der Waals surface area (Å²) in [5.74, 6) is 0. The summed E-state index contributed by atoms with van der Waals surface area (Å²) in [4.78, 5) is 4.56. The molecule has 0 saturated carbocycles. The largest absolute Gasteiger partial charge is 0.377 e. The van der Waals surface area contributed by atoms with Gasteiger partial charge in [0, 0.05) is 19.6 Å². The first kappa shape index (κ1) is 15.9. The van der Waals surface area contributed by atoms with Gasteiger partial charge in [-0.25, -0.2) is 18.1 Å². The monoisotopic (exact) mass is 340 g/mol. The molecule has 22 heavy (non-hydrogen) atoms. The Labute approximate surface area is 134 Å². The smallest absolute Gasteiger partial charge is 0.217 e. The summed E-state index contributed by atoms with van der Waals surface area (Å²) in [6.07, 6.45) is 1.90. The minimum Gasteiger partial charge on any atom is -0.377 e. The van der Waals surface area contributed by atoms with Crippen molar-refractivity contribution in [2.45, 2.75) is 37.5 Å². The lowest BCUT2D eigenvalue weighted by molar-refractivity contribution is 0.126. The number of para-hydroxylation sites is 1. The third-order valence-electron chi connectivity index (χ3n) is 3.91. The highest BCUT2D eigenvalue weighted by atomic mass is 32.2. The summed E-state index contributed by atoms with van der Waals surface area (Å²) >= 11 is 1.67. The molecular weight excluding hydrogens is 320 g/mol. The van der Waals surface area contributed by atoms with Gasteiger partial charge in [0.15, 0.2) is 0 Å². The second-order valence-corrected chi connectivity index (χ2v) is 8.62. The topological polar surface area (TPSA) is 68.3 Å². The van der Waals surface area contributed by atoms with Crippen LogP contribution in [0, 0.1) is 0 Å². The van der Waals surface area contributed by atoms with E-state index in [0.717, 1.165) is 23.4 Å². The SMILES string of the molecule is CC1OCCC1S(=O)(=O)NCCCc1nc2ccccc2s1. The number of ether oxygens (including phenoxy) is 1. The van der Waals surface area contributed by atoms with Crippen molar-refractivity contribution < 1.29 is 13.2 Å². The molecule has 1 N–H and O–H groups in total. The maximum atomic E-state index is 12.2. The Hall–Kier alpha value is -1.02. The van der Waals surface area contributed by atoms with Crippen molar-refractivity contribution in [1.29, 1.82) is 0 Å². The molecule has 0 aliphatic carbocycles. The molecule has 7 heteroatoms. The lowest BCUT2D eigenvalue weighted by Gasteiger charge is -2.15. The summed E-state index contributed by atoms with van der Waals surface area (Å²) in [5.41, 5.74) is 1.01. The second kappa shape index (κ2) is 6.62. The summed E-state index contributed by atoms with van der Waals surface area (Å²) in [7, 11) is -3.28. The number of fused-ring (bicyclic) bond motifs is 1. The zero-order valence-electron chi connectivity index (χ0n) is 12.5. The Morgan fingerprint density at radius 3 is 2.95 bits per heavy atom. The highest BCUT2D eigenvalue weighted by Crippen LogP contribution is 2.23. The van der Waals surface area contributed by atoms with Crippen LogP contribution in [0.5, 0.6) is 0 Å². The lowest BCUT2D eigenvalue weighted by atomic mass is 10.3. The van der Waals surface area contributed by atoms with Gasteiger partial charge >= 0.3 is 0 Å². The van der Waals surface area contributed by atoms with E-state index >= 15 is 0 Å². The molecule has 1 saturated heterocycles. The fourth-order valence-corrected chi connectivity index (χ4v) is 5.35. The van der Waals surface area contributed by atoms with Crippen molar-refractivity contribution in [1.82, 2.24) is 9.71 Å². The molecule has 120 valence electrons. The Morgan fingerprint density at radius 2 is 2.23 bits per heavy atom. The van der Waals surface area contributed by atoms with E-state index < -0.39 is 15.3 Å². The molecule has 0 amide bonds. The van der Waals surface area contributed by atoms with Gasteiger partial charge in [-0.3, -0.25) is 0 Å². The standard InChI is InChI=1S/C15H20N2O3S2/c1-11-14(8-10-20-11)22(18,19)16-9-4-7-15-17-12-5-2-3-6-13(12)21-15/h2-3,5-6,11,14,16H,4,7-10H2,1H3. The van der Waals surface area contributed by atoms with Crippen LogP contribution in [0.1, 0.15) is 24.8 Å². The number of thiazole rings is 1. The van der Waals surface area contributed by atoms with Gasteiger partial charge < -0.3 is 4.74 Å². The van der Waals surface area contributed by atoms with Gasteiger partial charge in [0.05, 0.1) is 21.3 Å². The summed E-state index contributed by atoms with van der Waals surface area (Å²) in [6.45, 7) is 2.79. The zero-order chi connectivity index (χ0) is 15.6. The Bertz CT molecular complexity index is 709. The molecule has 1 aliphatic rings. The first-order chi connectivity index (χ1) is 10.6. The minimum atomic E-state index is -3.28. The van der Waals surface area contributed by atoms with Gasteiger partial charge in [-0.15, -0.1) is 11.3 Å². The molecule has 0 spiro atoms. The van der Waals surface area contributed by atoms with Crippen molar-refractivity contribution in [2.24, 2.45) is 0 Å². The number of aromatic nitrogens is 1. The molecule has 5 nitrogen and oxygen atoms in total. The average molecular weight is 340 g/mol. The number of hydrogen-bond donors (Lipinski definition) is 1. The van der Waals surface area contributed by atoms with Crippen molar-refractivity contribution in [3.63, 3.8) is 0 Å². The Kier molecular flexibility index (Phi) is 4.77. The van der Waals surface area contributed by atoms with Gasteiger partial charge in [0.2, 0.25) is 10.0 Å². The molecule has 1 aliphatic heterocycles. The molecule has 2 aromatic rings. The van der Waals surface area contributed by atoms with Crippen LogP contribution in [0.25, 0.3) is 10.2 Å². The third kappa shape index (κ3) is 3.48. The predicted molar refractivity (Wildman–Crippen MR) is 88.7 cm³/mol. The summed E-state index contributed by atoms with van der Waals surface area (Å²) < 4.78 is 33.6. The van der Waals surface area contributed by atoms with Crippen LogP contribution in [0.15, 0.2) is 24.3 Å². The van der Waals surface area contributed by atoms with E-state index in [1.165, 1.54) is 4.70 Å². The number of hydrogen-bond acceptors (Lipinski definition) is 5. The van der Waals surface area contributed by atoms with E-state index in [-0.39, 0.29) is 6.10 Å². The van der Waals surface area contributed by atoms with Crippen LogP contribution in [-0.2, 0) is 21.2 Å². The summed E-state index contributed by atoms with van der Waals surface area (Å²) in [6, 6.07) is 8.04. The lowest BCUT2D eigenvalue weighted by Crippen LogP contribution is -2.38. The molecule has 2 heterocycles. The second-order valence-electron chi connectivity index (χ2n) is 5.52. The van der Waals surface area contributed by atoms with E-state index in [2.05, 4.69) is 15.8 Å². The van der Waals surface area contributed by atoms with Gasteiger partial charge in [-0.1, -0.05) is 12.1 Å². The molecule has 1 aromatic carbocycles. The van der Waals surface area contributed by atoms with Gasteiger partial charge in [-0.05, 0) is 31.9 Å². The fourth-order valence-electron chi connectivity index (χ4n) is 2.71. The molecule has 3 rings (SSSR count). The normalized spacial score (nSPS) is 22.4. The Balaban J connectivity index is 1.51. The fraction of sp³-hybridized carbons (Fsp3) is 0.533. The molecule has 2 unspecified atom stereocenters. The Morgan fingerprint density at radius 1 is 1.41 bits per heavy atom.